The third-order valence-electron chi connectivity index (χ3n) is 6.05. The molecule has 6 rings (SSSR count). The Bertz CT molecular complexity index is 1330. The summed E-state index contributed by atoms with van der Waals surface area (Å²) in [6, 6.07) is 11.4. The Labute approximate surface area is 185 Å². The number of hydrogen-bond acceptors (Lipinski definition) is 5. The first-order chi connectivity index (χ1) is 15.6. The number of imidazole rings is 1. The first-order valence-corrected chi connectivity index (χ1v) is 11.0. The predicted molar refractivity (Wildman–Crippen MR) is 120 cm³/mol. The van der Waals surface area contributed by atoms with Gasteiger partial charge in [0.2, 0.25) is 0 Å². The number of aromatic nitrogens is 6. The zero-order chi connectivity index (χ0) is 21.7. The highest BCUT2D eigenvalue weighted by molar-refractivity contribution is 6.04. The molecule has 2 aliphatic rings. The minimum absolute atomic E-state index is 0.200. The zero-order valence-electron chi connectivity index (χ0n) is 17.8. The van der Waals surface area contributed by atoms with E-state index in [2.05, 4.69) is 42.3 Å². The van der Waals surface area contributed by atoms with Gasteiger partial charge in [0.1, 0.15) is 17.3 Å². The average molecular weight is 425 g/mol. The second kappa shape index (κ2) is 7.40. The van der Waals surface area contributed by atoms with E-state index in [9.17, 15) is 4.79 Å². The maximum absolute atomic E-state index is 13.0. The van der Waals surface area contributed by atoms with Crippen LogP contribution in [0, 0.1) is 6.92 Å². The topological polar surface area (TPSA) is 90.5 Å². The number of nitrogens with zero attached hydrogens (tertiary/aromatic N) is 6. The third-order valence-corrected chi connectivity index (χ3v) is 6.05. The monoisotopic (exact) mass is 425 g/mol. The number of benzene rings is 1. The van der Waals surface area contributed by atoms with E-state index in [0.717, 1.165) is 48.0 Å². The van der Waals surface area contributed by atoms with Crippen LogP contribution in [0.5, 0.6) is 0 Å². The molecule has 1 aliphatic carbocycles. The zero-order valence-corrected chi connectivity index (χ0v) is 17.8. The van der Waals surface area contributed by atoms with Gasteiger partial charge in [-0.3, -0.25) is 4.79 Å². The number of fused-ring (bicyclic) bond motifs is 1. The molecule has 1 N–H and O–H groups in total. The summed E-state index contributed by atoms with van der Waals surface area (Å²) in [5, 5.41) is 11.5. The van der Waals surface area contributed by atoms with E-state index < -0.39 is 0 Å². The van der Waals surface area contributed by atoms with Crippen molar-refractivity contribution in [3.63, 3.8) is 0 Å². The van der Waals surface area contributed by atoms with Gasteiger partial charge < -0.3 is 14.5 Å². The molecule has 1 amide bonds. The van der Waals surface area contributed by atoms with Crippen molar-refractivity contribution < 1.29 is 4.79 Å². The summed E-state index contributed by atoms with van der Waals surface area (Å²) in [5.41, 5.74) is 4.35. The Morgan fingerprint density at radius 3 is 2.94 bits per heavy atom. The number of carbonyl (C=O) groups is 1. The van der Waals surface area contributed by atoms with Crippen LogP contribution in [0.25, 0.3) is 17.2 Å². The minimum atomic E-state index is -0.200. The summed E-state index contributed by atoms with van der Waals surface area (Å²) < 4.78 is 4.09. The van der Waals surface area contributed by atoms with Crippen LogP contribution in [-0.2, 0) is 13.0 Å². The van der Waals surface area contributed by atoms with E-state index >= 15 is 0 Å². The Hall–Kier alpha value is -3.81. The fourth-order valence-corrected chi connectivity index (χ4v) is 4.27. The lowest BCUT2D eigenvalue weighted by molar-refractivity contribution is 0.102. The van der Waals surface area contributed by atoms with Crippen molar-refractivity contribution in [1.29, 1.82) is 0 Å². The summed E-state index contributed by atoms with van der Waals surface area (Å²) >= 11 is 0. The molecule has 1 aliphatic heterocycles. The van der Waals surface area contributed by atoms with E-state index in [1.54, 1.807) is 6.07 Å². The van der Waals surface area contributed by atoms with Crippen molar-refractivity contribution in [3.8, 4) is 17.2 Å². The molecular weight excluding hydrogens is 402 g/mol. The number of hydrogen-bond donors (Lipinski definition) is 1. The summed E-state index contributed by atoms with van der Waals surface area (Å²) in [7, 11) is 0. The van der Waals surface area contributed by atoms with Gasteiger partial charge in [-0.15, -0.1) is 10.2 Å². The second-order valence-electron chi connectivity index (χ2n) is 8.59. The second-order valence-corrected chi connectivity index (χ2v) is 8.59. The molecule has 4 aromatic rings. The van der Waals surface area contributed by atoms with Gasteiger partial charge in [0.05, 0.1) is 12.0 Å². The summed E-state index contributed by atoms with van der Waals surface area (Å²) in [6.07, 6.45) is 8.33. The van der Waals surface area contributed by atoms with Gasteiger partial charge in [-0.25, -0.2) is 9.97 Å². The fourth-order valence-electron chi connectivity index (χ4n) is 4.27. The fraction of sp³-hybridized carbons (Fsp3) is 0.292. The molecule has 32 heavy (non-hydrogen) atoms. The number of amides is 1. The van der Waals surface area contributed by atoms with Crippen LogP contribution in [0.3, 0.4) is 0 Å². The van der Waals surface area contributed by atoms with Crippen LogP contribution < -0.4 is 5.32 Å². The molecule has 0 unspecified atom stereocenters. The SMILES string of the molecule is Cc1cc(C(=O)Nc2cccc(-c3nnc4n3CCC4)n2)cc(-n2cnc(C3CC3)c2)c1. The molecule has 8 heteroatoms. The Morgan fingerprint density at radius 1 is 1.16 bits per heavy atom. The Kier molecular flexibility index (Phi) is 4.38. The van der Waals surface area contributed by atoms with Crippen molar-refractivity contribution in [1.82, 2.24) is 29.3 Å². The largest absolute Gasteiger partial charge is 0.310 e. The van der Waals surface area contributed by atoms with Crippen molar-refractivity contribution >= 4 is 11.7 Å². The number of nitrogens with one attached hydrogen (secondary N) is 1. The summed E-state index contributed by atoms with van der Waals surface area (Å²) in [4.78, 5) is 22.2. The first-order valence-electron chi connectivity index (χ1n) is 11.0. The van der Waals surface area contributed by atoms with E-state index in [1.807, 2.05) is 42.1 Å². The Balaban J connectivity index is 1.25. The highest BCUT2D eigenvalue weighted by Gasteiger charge is 2.26. The molecule has 1 aromatic carbocycles. The highest BCUT2D eigenvalue weighted by Crippen LogP contribution is 2.39. The number of rotatable bonds is 5. The van der Waals surface area contributed by atoms with Crippen LogP contribution >= 0.6 is 0 Å². The minimum Gasteiger partial charge on any atom is -0.310 e. The smallest absolute Gasteiger partial charge is 0.256 e. The molecule has 0 bridgehead atoms. The van der Waals surface area contributed by atoms with Crippen molar-refractivity contribution in [2.45, 2.75) is 45.1 Å². The van der Waals surface area contributed by atoms with E-state index in [0.29, 0.717) is 23.0 Å². The third kappa shape index (κ3) is 3.47. The molecule has 4 heterocycles. The molecule has 1 fully saturated rings. The number of anilines is 1. The standard InChI is InChI=1S/C24H23N7O/c1-15-10-17(12-18(11-15)30-13-20(25-14-30)16-7-8-16)24(32)27-21-5-2-4-19(26-21)23-29-28-22-6-3-9-31(22)23/h2,4-5,10-14,16H,3,6-9H2,1H3,(H,26,27,32). The van der Waals surface area contributed by atoms with Crippen molar-refractivity contribution in [2.24, 2.45) is 0 Å². The van der Waals surface area contributed by atoms with E-state index in [-0.39, 0.29) is 5.91 Å². The van der Waals surface area contributed by atoms with Gasteiger partial charge in [-0.2, -0.15) is 0 Å². The molecule has 0 spiro atoms. The molecular formula is C24H23N7O. The molecule has 160 valence electrons. The predicted octanol–water partition coefficient (Wildman–Crippen LogP) is 3.91. The van der Waals surface area contributed by atoms with Gasteiger partial charge in [-0.05, 0) is 62.1 Å². The maximum Gasteiger partial charge on any atom is 0.256 e. The maximum atomic E-state index is 13.0. The quantitative estimate of drug-likeness (QED) is 0.524. The average Bonchev–Trinajstić information content (AvgIpc) is 3.18. The lowest BCUT2D eigenvalue weighted by atomic mass is 10.1. The molecule has 0 saturated heterocycles. The highest BCUT2D eigenvalue weighted by atomic mass is 16.1. The van der Waals surface area contributed by atoms with Gasteiger partial charge in [0.15, 0.2) is 5.82 Å². The number of pyridine rings is 1. The number of carbonyl (C=O) groups excluding carboxylic acids is 1. The van der Waals surface area contributed by atoms with Crippen molar-refractivity contribution in [2.75, 3.05) is 5.32 Å². The molecule has 0 radical (unpaired) electrons. The van der Waals surface area contributed by atoms with Gasteiger partial charge in [0, 0.05) is 36.3 Å². The summed E-state index contributed by atoms with van der Waals surface area (Å²) in [5.74, 6) is 2.62. The van der Waals surface area contributed by atoms with Crippen LogP contribution in [0.2, 0.25) is 0 Å². The molecule has 0 atom stereocenters. The lowest BCUT2D eigenvalue weighted by Gasteiger charge is -2.10. The Morgan fingerprint density at radius 2 is 2.06 bits per heavy atom. The van der Waals surface area contributed by atoms with Crippen LogP contribution in [0.15, 0.2) is 48.9 Å². The lowest BCUT2D eigenvalue weighted by Crippen LogP contribution is -2.14. The van der Waals surface area contributed by atoms with Crippen molar-refractivity contribution in [3.05, 3.63) is 71.6 Å². The van der Waals surface area contributed by atoms with Crippen LogP contribution in [0.4, 0.5) is 5.82 Å². The number of aryl methyl sites for hydroxylation is 2. The molecule has 1 saturated carbocycles. The molecule has 8 nitrogen and oxygen atoms in total. The van der Waals surface area contributed by atoms with Crippen LogP contribution in [-0.4, -0.2) is 35.2 Å². The van der Waals surface area contributed by atoms with Crippen LogP contribution in [0.1, 0.15) is 52.6 Å². The normalized spacial score (nSPS) is 15.0. The van der Waals surface area contributed by atoms with Gasteiger partial charge >= 0.3 is 0 Å². The van der Waals surface area contributed by atoms with Gasteiger partial charge in [0.25, 0.3) is 5.91 Å². The van der Waals surface area contributed by atoms with E-state index in [1.165, 1.54) is 12.8 Å². The first kappa shape index (κ1) is 18.9. The summed E-state index contributed by atoms with van der Waals surface area (Å²) in [6.45, 7) is 2.89. The van der Waals surface area contributed by atoms with E-state index in [4.69, 9.17) is 0 Å². The van der Waals surface area contributed by atoms with Gasteiger partial charge in [-0.1, -0.05) is 6.07 Å². The molecule has 3 aromatic heterocycles.